The second kappa shape index (κ2) is 9.66. The molecular formula is C24H26N2O4S. The fourth-order valence-corrected chi connectivity index (χ4v) is 3.93. The van der Waals surface area contributed by atoms with Crippen LogP contribution in [0.25, 0.3) is 0 Å². The Morgan fingerprint density at radius 3 is 2.00 bits per heavy atom. The Balaban J connectivity index is 1.60. The van der Waals surface area contributed by atoms with Crippen molar-refractivity contribution in [3.05, 3.63) is 84.4 Å². The first-order valence-corrected chi connectivity index (χ1v) is 11.5. The number of benzene rings is 3. The molecule has 0 aliphatic rings. The fraction of sp³-hybridized carbons (Fsp3) is 0.208. The zero-order valence-corrected chi connectivity index (χ0v) is 18.5. The number of nitrogens with one attached hydrogen (secondary N) is 2. The van der Waals surface area contributed by atoms with Gasteiger partial charge in [0.2, 0.25) is 0 Å². The molecule has 31 heavy (non-hydrogen) atoms. The van der Waals surface area contributed by atoms with Gasteiger partial charge in [0.05, 0.1) is 4.90 Å². The summed E-state index contributed by atoms with van der Waals surface area (Å²) in [6, 6.07) is 22.3. The first kappa shape index (κ1) is 22.4. The lowest BCUT2D eigenvalue weighted by atomic mass is 10.0. The van der Waals surface area contributed by atoms with Crippen LogP contribution in [0.2, 0.25) is 0 Å². The third kappa shape index (κ3) is 6.08. The monoisotopic (exact) mass is 438 g/mol. The Bertz CT molecular complexity index is 1110. The minimum absolute atomic E-state index is 0.101. The minimum Gasteiger partial charge on any atom is -0.481 e. The lowest BCUT2D eigenvalue weighted by Crippen LogP contribution is -2.30. The van der Waals surface area contributed by atoms with Gasteiger partial charge >= 0.3 is 0 Å². The molecule has 3 aromatic rings. The zero-order chi connectivity index (χ0) is 22.4. The lowest BCUT2D eigenvalue weighted by molar-refractivity contribution is -0.122. The maximum absolute atomic E-state index is 12.5. The van der Waals surface area contributed by atoms with Crippen molar-refractivity contribution < 1.29 is 17.9 Å². The summed E-state index contributed by atoms with van der Waals surface area (Å²) in [5, 5.41) is 2.74. The first-order valence-electron chi connectivity index (χ1n) is 10.00. The van der Waals surface area contributed by atoms with E-state index in [-0.39, 0.29) is 10.8 Å². The smallest absolute Gasteiger partial charge is 0.265 e. The molecule has 0 aliphatic heterocycles. The number of hydrogen-bond acceptors (Lipinski definition) is 4. The Labute approximate surface area is 183 Å². The summed E-state index contributed by atoms with van der Waals surface area (Å²) >= 11 is 0. The van der Waals surface area contributed by atoms with Crippen LogP contribution in [0.15, 0.2) is 83.8 Å². The van der Waals surface area contributed by atoms with Crippen molar-refractivity contribution in [1.82, 2.24) is 0 Å². The van der Waals surface area contributed by atoms with Crippen molar-refractivity contribution in [2.45, 2.75) is 37.7 Å². The number of carbonyl (C=O) groups excluding carboxylic acids is 1. The molecule has 0 saturated heterocycles. The minimum atomic E-state index is -3.71. The summed E-state index contributed by atoms with van der Waals surface area (Å²) in [4.78, 5) is 12.5. The summed E-state index contributed by atoms with van der Waals surface area (Å²) in [6.07, 6.45) is -0.715. The van der Waals surface area contributed by atoms with Gasteiger partial charge in [0.25, 0.3) is 15.9 Å². The highest BCUT2D eigenvalue weighted by Gasteiger charge is 2.17. The number of rotatable bonds is 8. The average Bonchev–Trinajstić information content (AvgIpc) is 2.75. The van der Waals surface area contributed by atoms with E-state index in [2.05, 4.69) is 23.9 Å². The van der Waals surface area contributed by atoms with E-state index in [4.69, 9.17) is 4.74 Å². The van der Waals surface area contributed by atoms with E-state index in [0.717, 1.165) is 0 Å². The molecule has 1 atom stereocenters. The van der Waals surface area contributed by atoms with E-state index in [9.17, 15) is 13.2 Å². The van der Waals surface area contributed by atoms with Gasteiger partial charge in [-0.15, -0.1) is 0 Å². The van der Waals surface area contributed by atoms with Gasteiger partial charge in [-0.1, -0.05) is 44.2 Å². The summed E-state index contributed by atoms with van der Waals surface area (Å²) in [5.41, 5.74) is 2.16. The maximum atomic E-state index is 12.5. The predicted molar refractivity (Wildman–Crippen MR) is 123 cm³/mol. The van der Waals surface area contributed by atoms with Crippen LogP contribution in [0.5, 0.6) is 5.75 Å². The predicted octanol–water partition coefficient (Wildman–Crippen LogP) is 5.02. The molecular weight excluding hydrogens is 412 g/mol. The van der Waals surface area contributed by atoms with E-state index in [1.165, 1.54) is 17.7 Å². The van der Waals surface area contributed by atoms with Crippen molar-refractivity contribution in [2.75, 3.05) is 10.0 Å². The van der Waals surface area contributed by atoms with E-state index >= 15 is 0 Å². The molecule has 0 saturated carbocycles. The van der Waals surface area contributed by atoms with Gasteiger partial charge < -0.3 is 10.1 Å². The van der Waals surface area contributed by atoms with Crippen molar-refractivity contribution in [3.63, 3.8) is 0 Å². The molecule has 0 aromatic heterocycles. The van der Waals surface area contributed by atoms with Crippen molar-refractivity contribution in [2.24, 2.45) is 0 Å². The number of carbonyl (C=O) groups is 1. The zero-order valence-electron chi connectivity index (χ0n) is 17.7. The van der Waals surface area contributed by atoms with Gasteiger partial charge in [0.1, 0.15) is 5.75 Å². The highest BCUT2D eigenvalue weighted by Crippen LogP contribution is 2.21. The normalized spacial score (nSPS) is 12.3. The Morgan fingerprint density at radius 1 is 0.806 bits per heavy atom. The molecule has 1 unspecified atom stereocenters. The standard InChI is InChI=1S/C24H26N2O4S/c1-17(2)19-9-13-22(14-10-19)30-18(3)24(27)25-20-11-15-23(16-12-20)31(28,29)26-21-7-5-4-6-8-21/h4-18,26H,1-3H3,(H,25,27). The van der Waals surface area contributed by atoms with Crippen molar-refractivity contribution in [1.29, 1.82) is 0 Å². The molecule has 0 spiro atoms. The molecule has 6 nitrogen and oxygen atoms in total. The molecule has 0 bridgehead atoms. The highest BCUT2D eigenvalue weighted by molar-refractivity contribution is 7.92. The van der Waals surface area contributed by atoms with Gasteiger partial charge in [-0.2, -0.15) is 0 Å². The van der Waals surface area contributed by atoms with Crippen LogP contribution >= 0.6 is 0 Å². The van der Waals surface area contributed by atoms with Crippen LogP contribution in [0.4, 0.5) is 11.4 Å². The van der Waals surface area contributed by atoms with Gasteiger partial charge in [0.15, 0.2) is 6.10 Å². The van der Waals surface area contributed by atoms with Crippen molar-refractivity contribution >= 4 is 27.3 Å². The molecule has 0 fully saturated rings. The lowest BCUT2D eigenvalue weighted by Gasteiger charge is -2.16. The summed E-state index contributed by atoms with van der Waals surface area (Å²) in [5.74, 6) is 0.705. The largest absolute Gasteiger partial charge is 0.481 e. The summed E-state index contributed by atoms with van der Waals surface area (Å²) in [7, 11) is -3.71. The number of amides is 1. The summed E-state index contributed by atoms with van der Waals surface area (Å²) < 4.78 is 33.2. The third-order valence-corrected chi connectivity index (χ3v) is 6.08. The second-order valence-corrected chi connectivity index (χ2v) is 9.15. The Morgan fingerprint density at radius 2 is 1.42 bits per heavy atom. The number of hydrogen-bond donors (Lipinski definition) is 2. The van der Waals surface area contributed by atoms with Crippen LogP contribution in [0.1, 0.15) is 32.3 Å². The molecule has 1 amide bonds. The van der Waals surface area contributed by atoms with Crippen LogP contribution in [0.3, 0.4) is 0 Å². The van der Waals surface area contributed by atoms with Gasteiger partial charge in [-0.25, -0.2) is 8.42 Å². The van der Waals surface area contributed by atoms with Crippen LogP contribution < -0.4 is 14.8 Å². The molecule has 7 heteroatoms. The van der Waals surface area contributed by atoms with Gasteiger partial charge in [-0.05, 0) is 66.9 Å². The average molecular weight is 439 g/mol. The second-order valence-electron chi connectivity index (χ2n) is 7.47. The molecule has 162 valence electrons. The summed E-state index contributed by atoms with van der Waals surface area (Å²) in [6.45, 7) is 5.88. The van der Waals surface area contributed by atoms with Crippen molar-refractivity contribution in [3.8, 4) is 5.75 Å². The van der Waals surface area contributed by atoms with Crippen LogP contribution in [0, 0.1) is 0 Å². The number of anilines is 2. The van der Waals surface area contributed by atoms with Crippen LogP contribution in [-0.4, -0.2) is 20.4 Å². The van der Waals surface area contributed by atoms with E-state index in [0.29, 0.717) is 23.0 Å². The third-order valence-electron chi connectivity index (χ3n) is 4.69. The van der Waals surface area contributed by atoms with Gasteiger partial charge in [-0.3, -0.25) is 9.52 Å². The topological polar surface area (TPSA) is 84.5 Å². The molecule has 0 radical (unpaired) electrons. The SMILES string of the molecule is CC(Oc1ccc(C(C)C)cc1)C(=O)Nc1ccc(S(=O)(=O)Nc2ccccc2)cc1. The molecule has 3 aromatic carbocycles. The number of para-hydroxylation sites is 1. The van der Waals surface area contributed by atoms with E-state index in [1.807, 2.05) is 24.3 Å². The highest BCUT2D eigenvalue weighted by atomic mass is 32.2. The maximum Gasteiger partial charge on any atom is 0.265 e. The molecule has 0 aliphatic carbocycles. The van der Waals surface area contributed by atoms with Gasteiger partial charge in [0, 0.05) is 11.4 Å². The van der Waals surface area contributed by atoms with E-state index in [1.54, 1.807) is 49.4 Å². The molecule has 2 N–H and O–H groups in total. The molecule has 0 heterocycles. The fourth-order valence-electron chi connectivity index (χ4n) is 2.87. The first-order chi connectivity index (χ1) is 14.7. The Kier molecular flexibility index (Phi) is 6.97. The Hall–Kier alpha value is -3.32. The number of sulfonamides is 1. The number of ether oxygens (including phenoxy) is 1. The van der Waals surface area contributed by atoms with Crippen LogP contribution in [-0.2, 0) is 14.8 Å². The quantitative estimate of drug-likeness (QED) is 0.517. The van der Waals surface area contributed by atoms with E-state index < -0.39 is 16.1 Å². The molecule has 3 rings (SSSR count).